The smallest absolute Gasteiger partial charge is 0.128 e. The van der Waals surface area contributed by atoms with Gasteiger partial charge in [0.25, 0.3) is 0 Å². The molecule has 0 radical (unpaired) electrons. The first kappa shape index (κ1) is 12.9. The first-order valence-corrected chi connectivity index (χ1v) is 7.65. The van der Waals surface area contributed by atoms with Crippen LogP contribution in [-0.2, 0) is 6.54 Å². The summed E-state index contributed by atoms with van der Waals surface area (Å²) in [6.07, 6.45) is 5.96. The molecule has 1 aromatic heterocycles. The third-order valence-corrected chi connectivity index (χ3v) is 4.47. The van der Waals surface area contributed by atoms with Crippen LogP contribution in [-0.4, -0.2) is 24.1 Å². The predicted molar refractivity (Wildman–Crippen MR) is 79.3 cm³/mol. The van der Waals surface area contributed by atoms with Crippen LogP contribution < -0.4 is 10.2 Å². The Kier molecular flexibility index (Phi) is 3.74. The van der Waals surface area contributed by atoms with Crippen LogP contribution in [0, 0.1) is 11.8 Å². The zero-order valence-corrected chi connectivity index (χ0v) is 12.1. The van der Waals surface area contributed by atoms with E-state index in [0.717, 1.165) is 31.0 Å². The fraction of sp³-hybridized carbons (Fsp3) is 0.688. The van der Waals surface area contributed by atoms with E-state index in [-0.39, 0.29) is 0 Å². The van der Waals surface area contributed by atoms with E-state index in [1.54, 1.807) is 0 Å². The van der Waals surface area contributed by atoms with Gasteiger partial charge in [-0.2, -0.15) is 0 Å². The highest BCUT2D eigenvalue weighted by Crippen LogP contribution is 2.27. The second-order valence-corrected chi connectivity index (χ2v) is 6.42. The lowest BCUT2D eigenvalue weighted by Crippen LogP contribution is -2.22. The van der Waals surface area contributed by atoms with E-state index < -0.39 is 0 Å². The lowest BCUT2D eigenvalue weighted by molar-refractivity contribution is 0.422. The maximum absolute atomic E-state index is 4.56. The van der Waals surface area contributed by atoms with Crippen molar-refractivity contribution in [1.29, 1.82) is 0 Å². The molecular formula is C16H25N3. The van der Waals surface area contributed by atoms with Crippen molar-refractivity contribution < 1.29 is 0 Å². The third-order valence-electron chi connectivity index (χ3n) is 4.47. The molecule has 3 heteroatoms. The van der Waals surface area contributed by atoms with Crippen molar-refractivity contribution in [1.82, 2.24) is 10.3 Å². The summed E-state index contributed by atoms with van der Waals surface area (Å²) >= 11 is 0. The summed E-state index contributed by atoms with van der Waals surface area (Å²) in [5.41, 5.74) is 1.37. The zero-order valence-electron chi connectivity index (χ0n) is 12.1. The van der Waals surface area contributed by atoms with Crippen LogP contribution in [0.3, 0.4) is 0 Å². The molecule has 3 nitrogen and oxygen atoms in total. The molecular weight excluding hydrogens is 234 g/mol. The summed E-state index contributed by atoms with van der Waals surface area (Å²) < 4.78 is 0. The van der Waals surface area contributed by atoms with Crippen LogP contribution in [0.15, 0.2) is 18.3 Å². The van der Waals surface area contributed by atoms with Gasteiger partial charge in [0.15, 0.2) is 0 Å². The standard InChI is InChI=1S/C16H25N3/c1-12(2)14-6-8-19(11-14)16-9-13(5-7-17-16)10-18-15-3-4-15/h5,7,9,12,14-15,18H,3-4,6,8,10-11H2,1-2H3. The summed E-state index contributed by atoms with van der Waals surface area (Å²) in [4.78, 5) is 7.01. The molecule has 2 aliphatic rings. The maximum Gasteiger partial charge on any atom is 0.128 e. The second kappa shape index (κ2) is 5.49. The lowest BCUT2D eigenvalue weighted by Gasteiger charge is -2.19. The minimum Gasteiger partial charge on any atom is -0.356 e. The largest absolute Gasteiger partial charge is 0.356 e. The topological polar surface area (TPSA) is 28.2 Å². The van der Waals surface area contributed by atoms with Gasteiger partial charge < -0.3 is 10.2 Å². The SMILES string of the molecule is CC(C)C1CCN(c2cc(CNC3CC3)ccn2)C1. The van der Waals surface area contributed by atoms with E-state index in [1.165, 1.54) is 37.2 Å². The molecule has 1 atom stereocenters. The first-order valence-electron chi connectivity index (χ1n) is 7.65. The van der Waals surface area contributed by atoms with Crippen molar-refractivity contribution in [3.8, 4) is 0 Å². The average Bonchev–Trinajstić information content (AvgIpc) is 3.10. The molecule has 2 fully saturated rings. The Morgan fingerprint density at radius 1 is 1.37 bits per heavy atom. The minimum atomic E-state index is 0.772. The van der Waals surface area contributed by atoms with Crippen molar-refractivity contribution in [2.24, 2.45) is 11.8 Å². The Hall–Kier alpha value is -1.09. The van der Waals surface area contributed by atoms with Crippen molar-refractivity contribution in [3.05, 3.63) is 23.9 Å². The summed E-state index contributed by atoms with van der Waals surface area (Å²) in [5.74, 6) is 2.78. The molecule has 19 heavy (non-hydrogen) atoms. The Morgan fingerprint density at radius 2 is 2.21 bits per heavy atom. The normalized spacial score (nSPS) is 23.3. The predicted octanol–water partition coefficient (Wildman–Crippen LogP) is 2.82. The van der Waals surface area contributed by atoms with Crippen LogP contribution in [0.1, 0.15) is 38.7 Å². The molecule has 3 rings (SSSR count). The molecule has 0 bridgehead atoms. The minimum absolute atomic E-state index is 0.772. The molecule has 1 N–H and O–H groups in total. The van der Waals surface area contributed by atoms with E-state index in [1.807, 2.05) is 6.20 Å². The van der Waals surface area contributed by atoms with E-state index >= 15 is 0 Å². The molecule has 1 aliphatic heterocycles. The van der Waals surface area contributed by atoms with Gasteiger partial charge in [0.05, 0.1) is 0 Å². The molecule has 1 aromatic rings. The zero-order chi connectivity index (χ0) is 13.2. The molecule has 1 aliphatic carbocycles. The fourth-order valence-corrected chi connectivity index (χ4v) is 2.83. The van der Waals surface area contributed by atoms with Gasteiger partial charge >= 0.3 is 0 Å². The van der Waals surface area contributed by atoms with Crippen molar-refractivity contribution in [3.63, 3.8) is 0 Å². The number of hydrogen-bond acceptors (Lipinski definition) is 3. The maximum atomic E-state index is 4.56. The number of rotatable bonds is 5. The highest BCUT2D eigenvalue weighted by Gasteiger charge is 2.25. The van der Waals surface area contributed by atoms with Gasteiger partial charge in [-0.05, 0) is 48.8 Å². The Balaban J connectivity index is 1.62. The summed E-state index contributed by atoms with van der Waals surface area (Å²) in [5, 5.41) is 3.57. The fourth-order valence-electron chi connectivity index (χ4n) is 2.83. The molecule has 0 amide bonds. The Morgan fingerprint density at radius 3 is 2.89 bits per heavy atom. The highest BCUT2D eigenvalue weighted by atomic mass is 15.2. The number of hydrogen-bond donors (Lipinski definition) is 1. The number of anilines is 1. The summed E-state index contributed by atoms with van der Waals surface area (Å²) in [7, 11) is 0. The van der Waals surface area contributed by atoms with Crippen LogP contribution in [0.4, 0.5) is 5.82 Å². The van der Waals surface area contributed by atoms with Crippen molar-refractivity contribution in [2.45, 2.75) is 45.7 Å². The highest BCUT2D eigenvalue weighted by molar-refractivity contribution is 5.42. The van der Waals surface area contributed by atoms with Crippen molar-refractivity contribution in [2.75, 3.05) is 18.0 Å². The third kappa shape index (κ3) is 3.27. The molecule has 0 aromatic carbocycles. The number of aromatic nitrogens is 1. The van der Waals surface area contributed by atoms with Crippen molar-refractivity contribution >= 4 is 5.82 Å². The lowest BCUT2D eigenvalue weighted by atomic mass is 9.95. The summed E-state index contributed by atoms with van der Waals surface area (Å²) in [6.45, 7) is 7.98. The second-order valence-electron chi connectivity index (χ2n) is 6.42. The molecule has 1 saturated carbocycles. The quantitative estimate of drug-likeness (QED) is 0.881. The summed E-state index contributed by atoms with van der Waals surface area (Å²) in [6, 6.07) is 5.17. The van der Waals surface area contributed by atoms with Gasteiger partial charge in [-0.1, -0.05) is 13.8 Å². The Bertz CT molecular complexity index is 426. The number of nitrogens with one attached hydrogen (secondary N) is 1. The first-order chi connectivity index (χ1) is 9.22. The van der Waals surface area contributed by atoms with Gasteiger partial charge in [-0.15, -0.1) is 0 Å². The van der Waals surface area contributed by atoms with Gasteiger partial charge in [0, 0.05) is 31.9 Å². The van der Waals surface area contributed by atoms with Gasteiger partial charge in [0.1, 0.15) is 5.82 Å². The monoisotopic (exact) mass is 259 g/mol. The number of pyridine rings is 1. The van der Waals surface area contributed by atoms with Gasteiger partial charge in [0.2, 0.25) is 0 Å². The Labute approximate surface area is 116 Å². The molecule has 104 valence electrons. The van der Waals surface area contributed by atoms with Crippen LogP contribution in [0.5, 0.6) is 0 Å². The molecule has 0 spiro atoms. The molecule has 1 saturated heterocycles. The number of nitrogens with zero attached hydrogens (tertiary/aromatic N) is 2. The van der Waals surface area contributed by atoms with E-state index in [0.29, 0.717) is 0 Å². The van der Waals surface area contributed by atoms with E-state index in [9.17, 15) is 0 Å². The molecule has 1 unspecified atom stereocenters. The molecule has 2 heterocycles. The van der Waals surface area contributed by atoms with Gasteiger partial charge in [-0.25, -0.2) is 4.98 Å². The van der Waals surface area contributed by atoms with E-state index in [2.05, 4.69) is 41.2 Å². The van der Waals surface area contributed by atoms with Gasteiger partial charge in [-0.3, -0.25) is 0 Å². The van der Waals surface area contributed by atoms with E-state index in [4.69, 9.17) is 0 Å². The van der Waals surface area contributed by atoms with Crippen LogP contribution >= 0.6 is 0 Å². The van der Waals surface area contributed by atoms with Crippen LogP contribution in [0.2, 0.25) is 0 Å². The van der Waals surface area contributed by atoms with Crippen LogP contribution in [0.25, 0.3) is 0 Å². The average molecular weight is 259 g/mol.